The fourth-order valence-corrected chi connectivity index (χ4v) is 4.41. The van der Waals surface area contributed by atoms with Gasteiger partial charge in [-0.1, -0.05) is 13.8 Å². The standard InChI is InChI=1S/C20H27N3O3S/c1-12-17(19(24)23-9-8-16(21)20(2,3)11-23)27-18(22-12)13-6-7-14(25-4)15(10-13)26-5/h6-7,10,16H,8-9,11,21H2,1-5H3. The third kappa shape index (κ3) is 3.80. The number of aromatic nitrogens is 1. The lowest BCUT2D eigenvalue weighted by atomic mass is 9.79. The van der Waals surface area contributed by atoms with Crippen LogP contribution in [0.5, 0.6) is 11.5 Å². The number of piperidine rings is 1. The number of nitrogens with zero attached hydrogens (tertiary/aromatic N) is 2. The van der Waals surface area contributed by atoms with Gasteiger partial charge in [-0.2, -0.15) is 0 Å². The highest BCUT2D eigenvalue weighted by Gasteiger charge is 2.36. The molecular formula is C20H27N3O3S. The van der Waals surface area contributed by atoms with E-state index in [1.165, 1.54) is 11.3 Å². The Kier molecular flexibility index (Phi) is 5.44. The zero-order valence-corrected chi connectivity index (χ0v) is 17.4. The van der Waals surface area contributed by atoms with Gasteiger partial charge in [0.2, 0.25) is 0 Å². The lowest BCUT2D eigenvalue weighted by molar-refractivity contribution is 0.0536. The van der Waals surface area contributed by atoms with Gasteiger partial charge in [0.1, 0.15) is 9.88 Å². The second kappa shape index (κ2) is 7.48. The molecule has 1 aliphatic heterocycles. The highest BCUT2D eigenvalue weighted by Crippen LogP contribution is 2.36. The summed E-state index contributed by atoms with van der Waals surface area (Å²) in [5, 5.41) is 0.796. The third-order valence-electron chi connectivity index (χ3n) is 5.22. The van der Waals surface area contributed by atoms with E-state index < -0.39 is 0 Å². The maximum Gasteiger partial charge on any atom is 0.265 e. The van der Waals surface area contributed by atoms with Crippen LogP contribution in [0, 0.1) is 12.3 Å². The van der Waals surface area contributed by atoms with Crippen molar-refractivity contribution < 1.29 is 14.3 Å². The maximum atomic E-state index is 13.1. The van der Waals surface area contributed by atoms with Gasteiger partial charge in [-0.05, 0) is 37.0 Å². The maximum absolute atomic E-state index is 13.1. The molecule has 0 aliphatic carbocycles. The molecule has 2 N–H and O–H groups in total. The van der Waals surface area contributed by atoms with E-state index in [4.69, 9.17) is 15.2 Å². The molecular weight excluding hydrogens is 362 g/mol. The number of thiazole rings is 1. The molecule has 1 aromatic heterocycles. The molecule has 1 aromatic carbocycles. The molecule has 1 saturated heterocycles. The van der Waals surface area contributed by atoms with Crippen molar-refractivity contribution in [1.29, 1.82) is 0 Å². The van der Waals surface area contributed by atoms with Crippen molar-refractivity contribution in [2.24, 2.45) is 11.1 Å². The molecule has 27 heavy (non-hydrogen) atoms. The number of methoxy groups -OCH3 is 2. The van der Waals surface area contributed by atoms with Crippen LogP contribution in [0.25, 0.3) is 10.6 Å². The summed E-state index contributed by atoms with van der Waals surface area (Å²) in [5.41, 5.74) is 7.78. The molecule has 1 atom stereocenters. The van der Waals surface area contributed by atoms with Crippen molar-refractivity contribution in [3.63, 3.8) is 0 Å². The number of rotatable bonds is 4. The number of aryl methyl sites for hydroxylation is 1. The van der Waals surface area contributed by atoms with Crippen LogP contribution in [0.4, 0.5) is 0 Å². The van der Waals surface area contributed by atoms with Crippen molar-refractivity contribution in [2.45, 2.75) is 33.2 Å². The summed E-state index contributed by atoms with van der Waals surface area (Å²) >= 11 is 1.42. The second-order valence-corrected chi connectivity index (χ2v) is 8.61. The first kappa shape index (κ1) is 19.6. The predicted octanol–water partition coefficient (Wildman–Crippen LogP) is 3.34. The minimum atomic E-state index is -0.0846. The first-order valence-corrected chi connectivity index (χ1v) is 9.83. The Bertz CT molecular complexity index is 847. The van der Waals surface area contributed by atoms with Crippen LogP contribution in [-0.2, 0) is 0 Å². The van der Waals surface area contributed by atoms with E-state index in [-0.39, 0.29) is 17.4 Å². The summed E-state index contributed by atoms with van der Waals surface area (Å²) in [7, 11) is 3.21. The SMILES string of the molecule is COc1ccc(-c2nc(C)c(C(=O)N3CCC(N)C(C)(C)C3)s2)cc1OC. The van der Waals surface area contributed by atoms with Gasteiger partial charge >= 0.3 is 0 Å². The second-order valence-electron chi connectivity index (χ2n) is 7.61. The fourth-order valence-electron chi connectivity index (χ4n) is 3.38. The van der Waals surface area contributed by atoms with Gasteiger partial charge in [-0.25, -0.2) is 4.98 Å². The molecule has 1 unspecified atom stereocenters. The van der Waals surface area contributed by atoms with Crippen molar-refractivity contribution in [2.75, 3.05) is 27.3 Å². The first-order chi connectivity index (χ1) is 12.8. The van der Waals surface area contributed by atoms with E-state index >= 15 is 0 Å². The number of ether oxygens (including phenoxy) is 2. The molecule has 1 fully saturated rings. The number of carbonyl (C=O) groups is 1. The largest absolute Gasteiger partial charge is 0.493 e. The Morgan fingerprint density at radius 1 is 1.30 bits per heavy atom. The Morgan fingerprint density at radius 3 is 2.63 bits per heavy atom. The van der Waals surface area contributed by atoms with Crippen LogP contribution < -0.4 is 15.2 Å². The van der Waals surface area contributed by atoms with Gasteiger partial charge in [-0.3, -0.25) is 4.79 Å². The zero-order chi connectivity index (χ0) is 19.8. The Morgan fingerprint density at radius 2 is 2.00 bits per heavy atom. The van der Waals surface area contributed by atoms with Crippen LogP contribution in [0.1, 0.15) is 35.6 Å². The van der Waals surface area contributed by atoms with Gasteiger partial charge in [0.05, 0.1) is 19.9 Å². The Balaban J connectivity index is 1.88. The normalized spacial score (nSPS) is 19.0. The molecule has 0 bridgehead atoms. The number of benzene rings is 1. The van der Waals surface area contributed by atoms with E-state index in [9.17, 15) is 4.79 Å². The van der Waals surface area contributed by atoms with Crippen molar-refractivity contribution in [3.05, 3.63) is 28.8 Å². The molecule has 2 aromatic rings. The van der Waals surface area contributed by atoms with Crippen molar-refractivity contribution in [1.82, 2.24) is 9.88 Å². The van der Waals surface area contributed by atoms with E-state index in [0.29, 0.717) is 29.5 Å². The van der Waals surface area contributed by atoms with Gasteiger partial charge in [-0.15, -0.1) is 11.3 Å². The molecule has 146 valence electrons. The minimum absolute atomic E-state index is 0.0386. The summed E-state index contributed by atoms with van der Waals surface area (Å²) in [6, 6.07) is 5.78. The van der Waals surface area contributed by atoms with Gasteiger partial charge in [0.25, 0.3) is 5.91 Å². The van der Waals surface area contributed by atoms with E-state index in [1.807, 2.05) is 30.0 Å². The van der Waals surface area contributed by atoms with Crippen LogP contribution >= 0.6 is 11.3 Å². The minimum Gasteiger partial charge on any atom is -0.493 e. The molecule has 1 amide bonds. The summed E-state index contributed by atoms with van der Waals surface area (Å²) < 4.78 is 10.7. The summed E-state index contributed by atoms with van der Waals surface area (Å²) in [5.74, 6) is 1.34. The molecule has 0 radical (unpaired) electrons. The number of hydrogen-bond donors (Lipinski definition) is 1. The topological polar surface area (TPSA) is 77.7 Å². The third-order valence-corrected chi connectivity index (χ3v) is 6.42. The zero-order valence-electron chi connectivity index (χ0n) is 16.5. The molecule has 6 nitrogen and oxygen atoms in total. The number of carbonyl (C=O) groups excluding carboxylic acids is 1. The summed E-state index contributed by atoms with van der Waals surface area (Å²) in [6.45, 7) is 7.47. The molecule has 2 heterocycles. The monoisotopic (exact) mass is 389 g/mol. The Labute approximate surface area is 164 Å². The fraction of sp³-hybridized carbons (Fsp3) is 0.500. The lowest BCUT2D eigenvalue weighted by Crippen LogP contribution is -2.53. The van der Waals surface area contributed by atoms with Crippen LogP contribution in [-0.4, -0.2) is 49.1 Å². The van der Waals surface area contributed by atoms with Gasteiger partial charge in [0, 0.05) is 24.7 Å². The van der Waals surface area contributed by atoms with Crippen molar-refractivity contribution in [3.8, 4) is 22.1 Å². The first-order valence-electron chi connectivity index (χ1n) is 9.01. The highest BCUT2D eigenvalue weighted by atomic mass is 32.1. The average Bonchev–Trinajstić information content (AvgIpc) is 3.04. The van der Waals surface area contributed by atoms with Crippen LogP contribution in [0.3, 0.4) is 0 Å². The van der Waals surface area contributed by atoms with E-state index in [0.717, 1.165) is 22.7 Å². The molecule has 0 spiro atoms. The molecule has 1 aliphatic rings. The van der Waals surface area contributed by atoms with Crippen LogP contribution in [0.15, 0.2) is 18.2 Å². The smallest absolute Gasteiger partial charge is 0.265 e. The average molecular weight is 390 g/mol. The highest BCUT2D eigenvalue weighted by molar-refractivity contribution is 7.17. The van der Waals surface area contributed by atoms with Gasteiger partial charge in [0.15, 0.2) is 11.5 Å². The number of nitrogens with two attached hydrogens (primary N) is 1. The predicted molar refractivity (Wildman–Crippen MR) is 108 cm³/mol. The molecule has 3 rings (SSSR count). The number of amides is 1. The number of likely N-dealkylation sites (tertiary alicyclic amines) is 1. The van der Waals surface area contributed by atoms with Crippen molar-refractivity contribution >= 4 is 17.2 Å². The molecule has 0 saturated carbocycles. The van der Waals surface area contributed by atoms with E-state index in [2.05, 4.69) is 18.8 Å². The molecule has 7 heteroatoms. The lowest BCUT2D eigenvalue weighted by Gasteiger charge is -2.42. The number of hydrogen-bond acceptors (Lipinski definition) is 6. The van der Waals surface area contributed by atoms with Gasteiger partial charge < -0.3 is 20.1 Å². The van der Waals surface area contributed by atoms with E-state index in [1.54, 1.807) is 14.2 Å². The summed E-state index contributed by atoms with van der Waals surface area (Å²) in [4.78, 5) is 20.3. The van der Waals surface area contributed by atoms with Crippen LogP contribution in [0.2, 0.25) is 0 Å². The quantitative estimate of drug-likeness (QED) is 0.868. The Hall–Kier alpha value is -2.12. The summed E-state index contributed by atoms with van der Waals surface area (Å²) in [6.07, 6.45) is 0.819.